The third-order valence-electron chi connectivity index (χ3n) is 5.82. The molecule has 176 valence electrons. The Hall–Kier alpha value is -3.03. The average Bonchev–Trinajstić information content (AvgIpc) is 3.03. The largest absolute Gasteiger partial charge is 0.507 e. The van der Waals surface area contributed by atoms with Crippen LogP contribution in [0, 0.1) is 6.92 Å². The van der Waals surface area contributed by atoms with E-state index >= 15 is 0 Å². The van der Waals surface area contributed by atoms with Crippen LogP contribution in [-0.4, -0.2) is 54.2 Å². The van der Waals surface area contributed by atoms with Crippen LogP contribution >= 0.6 is 11.6 Å². The van der Waals surface area contributed by atoms with Gasteiger partial charge in [-0.2, -0.15) is 0 Å². The SMILES string of the molecule is COCCN1C(=O)C(=O)/C(=C(/O)c2cc(C(C)C)c(OC)cc2C)C1c1ccc(O)c(Cl)c1. The summed E-state index contributed by atoms with van der Waals surface area (Å²) >= 11 is 6.12. The molecule has 3 rings (SSSR count). The van der Waals surface area contributed by atoms with Gasteiger partial charge in [-0.3, -0.25) is 9.59 Å². The molecule has 0 radical (unpaired) electrons. The topological polar surface area (TPSA) is 96.3 Å². The number of benzene rings is 2. The van der Waals surface area contributed by atoms with Gasteiger partial charge in [-0.15, -0.1) is 0 Å². The third kappa shape index (κ3) is 4.56. The minimum absolute atomic E-state index is 0.0409. The van der Waals surface area contributed by atoms with Gasteiger partial charge in [0.2, 0.25) is 0 Å². The van der Waals surface area contributed by atoms with Crippen molar-refractivity contribution in [2.75, 3.05) is 27.4 Å². The van der Waals surface area contributed by atoms with Gasteiger partial charge in [0, 0.05) is 19.2 Å². The molecule has 1 aliphatic heterocycles. The normalized spacial score (nSPS) is 17.8. The first-order valence-electron chi connectivity index (χ1n) is 10.6. The third-order valence-corrected chi connectivity index (χ3v) is 6.12. The zero-order chi connectivity index (χ0) is 24.4. The molecule has 7 nitrogen and oxygen atoms in total. The lowest BCUT2D eigenvalue weighted by atomic mass is 9.91. The van der Waals surface area contributed by atoms with Gasteiger partial charge in [0.05, 0.1) is 30.4 Å². The Kier molecular flexibility index (Phi) is 7.34. The lowest BCUT2D eigenvalue weighted by Crippen LogP contribution is -2.32. The molecule has 1 heterocycles. The molecule has 1 amide bonds. The summed E-state index contributed by atoms with van der Waals surface area (Å²) < 4.78 is 10.6. The summed E-state index contributed by atoms with van der Waals surface area (Å²) in [6.45, 7) is 6.14. The molecule has 1 saturated heterocycles. The number of aliphatic hydroxyl groups is 1. The highest BCUT2D eigenvalue weighted by Crippen LogP contribution is 2.42. The fourth-order valence-electron chi connectivity index (χ4n) is 4.07. The van der Waals surface area contributed by atoms with Gasteiger partial charge in [0.1, 0.15) is 17.3 Å². The number of ketones is 1. The minimum Gasteiger partial charge on any atom is -0.507 e. The monoisotopic (exact) mass is 473 g/mol. The Balaban J connectivity index is 2.26. The van der Waals surface area contributed by atoms with Crippen LogP contribution < -0.4 is 4.74 Å². The van der Waals surface area contributed by atoms with Crippen LogP contribution in [0.25, 0.3) is 5.76 Å². The van der Waals surface area contributed by atoms with Gasteiger partial charge in [-0.05, 0) is 53.8 Å². The maximum atomic E-state index is 13.1. The predicted molar refractivity (Wildman–Crippen MR) is 126 cm³/mol. The number of aryl methyl sites for hydroxylation is 1. The number of ether oxygens (including phenoxy) is 2. The number of hydrogen-bond acceptors (Lipinski definition) is 6. The summed E-state index contributed by atoms with van der Waals surface area (Å²) in [5.74, 6) is -1.15. The number of likely N-dealkylation sites (tertiary alicyclic amines) is 1. The molecule has 0 aliphatic carbocycles. The predicted octanol–water partition coefficient (Wildman–Crippen LogP) is 4.55. The van der Waals surface area contributed by atoms with Crippen LogP contribution in [0.2, 0.25) is 5.02 Å². The van der Waals surface area contributed by atoms with Crippen molar-refractivity contribution in [1.82, 2.24) is 4.90 Å². The molecule has 2 aromatic carbocycles. The summed E-state index contributed by atoms with van der Waals surface area (Å²) in [6.07, 6.45) is 0. The second kappa shape index (κ2) is 9.85. The van der Waals surface area contributed by atoms with E-state index in [4.69, 9.17) is 21.1 Å². The molecule has 2 N–H and O–H groups in total. The molecular weight excluding hydrogens is 446 g/mol. The van der Waals surface area contributed by atoms with E-state index in [9.17, 15) is 19.8 Å². The molecule has 0 spiro atoms. The number of nitrogens with zero attached hydrogens (tertiary/aromatic N) is 1. The van der Waals surface area contributed by atoms with E-state index < -0.39 is 17.7 Å². The number of halogens is 1. The quantitative estimate of drug-likeness (QED) is 0.348. The number of rotatable bonds is 7. The number of hydrogen-bond donors (Lipinski definition) is 2. The molecule has 2 aromatic rings. The summed E-state index contributed by atoms with van der Waals surface area (Å²) in [6, 6.07) is 7.16. The highest BCUT2D eigenvalue weighted by atomic mass is 35.5. The number of Topliss-reactive ketones (excluding diaryl/α,β-unsaturated/α-hetero) is 1. The van der Waals surface area contributed by atoms with Gasteiger partial charge in [0.15, 0.2) is 0 Å². The van der Waals surface area contributed by atoms with Crippen molar-refractivity contribution in [2.45, 2.75) is 32.7 Å². The number of aromatic hydroxyl groups is 1. The Morgan fingerprint density at radius 1 is 1.18 bits per heavy atom. The summed E-state index contributed by atoms with van der Waals surface area (Å²) in [7, 11) is 3.08. The summed E-state index contributed by atoms with van der Waals surface area (Å²) in [5.41, 5.74) is 2.45. The highest BCUT2D eigenvalue weighted by molar-refractivity contribution is 6.46. The van der Waals surface area contributed by atoms with Crippen molar-refractivity contribution in [2.24, 2.45) is 0 Å². The van der Waals surface area contributed by atoms with Gasteiger partial charge in [-0.1, -0.05) is 31.5 Å². The van der Waals surface area contributed by atoms with E-state index in [1.54, 1.807) is 32.2 Å². The maximum absolute atomic E-state index is 13.1. The van der Waals surface area contributed by atoms with E-state index in [-0.39, 0.29) is 41.2 Å². The lowest BCUT2D eigenvalue weighted by Gasteiger charge is -2.25. The van der Waals surface area contributed by atoms with Crippen LogP contribution in [0.15, 0.2) is 35.9 Å². The van der Waals surface area contributed by atoms with Crippen molar-refractivity contribution in [3.63, 3.8) is 0 Å². The first kappa shape index (κ1) is 24.6. The molecule has 1 aliphatic rings. The Bertz CT molecular complexity index is 1120. The van der Waals surface area contributed by atoms with Crippen LogP contribution in [-0.2, 0) is 14.3 Å². The number of carbonyl (C=O) groups is 2. The van der Waals surface area contributed by atoms with Gasteiger partial charge in [-0.25, -0.2) is 0 Å². The molecule has 33 heavy (non-hydrogen) atoms. The number of amides is 1. The van der Waals surface area contributed by atoms with E-state index in [1.807, 2.05) is 13.8 Å². The van der Waals surface area contributed by atoms with Crippen molar-refractivity contribution >= 4 is 29.1 Å². The van der Waals surface area contributed by atoms with Gasteiger partial charge >= 0.3 is 0 Å². The smallest absolute Gasteiger partial charge is 0.295 e. The van der Waals surface area contributed by atoms with Crippen LogP contribution in [0.4, 0.5) is 0 Å². The van der Waals surface area contributed by atoms with E-state index in [0.29, 0.717) is 22.4 Å². The molecule has 0 aromatic heterocycles. The standard InChI is InChI=1S/C25H28ClNO6/c1-13(2)16-12-17(14(3)10-20(16)33-5)23(29)21-22(15-6-7-19(28)18(26)11-15)27(8-9-32-4)25(31)24(21)30/h6-7,10-13,22,28-29H,8-9H2,1-5H3/b23-21+. The number of carbonyl (C=O) groups excluding carboxylic acids is 2. The molecule has 1 unspecified atom stereocenters. The maximum Gasteiger partial charge on any atom is 0.295 e. The van der Waals surface area contributed by atoms with Crippen molar-refractivity contribution in [3.8, 4) is 11.5 Å². The second-order valence-corrected chi connectivity index (χ2v) is 8.67. The van der Waals surface area contributed by atoms with Crippen LogP contribution in [0.5, 0.6) is 11.5 Å². The van der Waals surface area contributed by atoms with Crippen LogP contribution in [0.3, 0.4) is 0 Å². The average molecular weight is 474 g/mol. The molecule has 1 atom stereocenters. The first-order valence-corrected chi connectivity index (χ1v) is 10.9. The minimum atomic E-state index is -0.887. The van der Waals surface area contributed by atoms with Crippen molar-refractivity contribution < 1.29 is 29.3 Å². The molecular formula is C25H28ClNO6. The highest BCUT2D eigenvalue weighted by Gasteiger charge is 2.46. The number of phenolic OH excluding ortho intramolecular Hbond substituents is 1. The zero-order valence-electron chi connectivity index (χ0n) is 19.3. The molecule has 0 bridgehead atoms. The van der Waals surface area contributed by atoms with Gasteiger partial charge in [0.25, 0.3) is 11.7 Å². The number of phenols is 1. The Labute approximate surface area is 198 Å². The summed E-state index contributed by atoms with van der Waals surface area (Å²) in [4.78, 5) is 27.4. The van der Waals surface area contributed by atoms with Gasteiger partial charge < -0.3 is 24.6 Å². The Morgan fingerprint density at radius 3 is 2.45 bits per heavy atom. The molecule has 1 fully saturated rings. The van der Waals surface area contributed by atoms with E-state index in [1.165, 1.54) is 24.1 Å². The number of aliphatic hydroxyl groups excluding tert-OH is 1. The van der Waals surface area contributed by atoms with Crippen molar-refractivity contribution in [1.29, 1.82) is 0 Å². The molecule has 8 heteroatoms. The fourth-order valence-corrected chi connectivity index (χ4v) is 4.26. The summed E-state index contributed by atoms with van der Waals surface area (Å²) in [5, 5.41) is 21.3. The first-order chi connectivity index (χ1) is 15.6. The lowest BCUT2D eigenvalue weighted by molar-refractivity contribution is -0.140. The Morgan fingerprint density at radius 2 is 1.88 bits per heavy atom. The van der Waals surface area contributed by atoms with Crippen LogP contribution in [0.1, 0.15) is 48.1 Å². The van der Waals surface area contributed by atoms with E-state index in [0.717, 1.165) is 5.56 Å². The molecule has 0 saturated carbocycles. The fraction of sp³-hybridized carbons (Fsp3) is 0.360. The zero-order valence-corrected chi connectivity index (χ0v) is 20.1. The number of methoxy groups -OCH3 is 2. The van der Waals surface area contributed by atoms with Crippen molar-refractivity contribution in [3.05, 3.63) is 63.2 Å². The second-order valence-electron chi connectivity index (χ2n) is 8.26. The van der Waals surface area contributed by atoms with E-state index in [2.05, 4.69) is 0 Å².